The lowest BCUT2D eigenvalue weighted by molar-refractivity contribution is 0.0516. The van der Waals surface area contributed by atoms with E-state index in [4.69, 9.17) is 5.11 Å². The van der Waals surface area contributed by atoms with Crippen LogP contribution in [0.3, 0.4) is 0 Å². The number of aromatic nitrogens is 1. The van der Waals surface area contributed by atoms with E-state index >= 15 is 0 Å². The maximum Gasteiger partial charge on any atom is 0.127 e. The molecule has 0 spiro atoms. The minimum atomic E-state index is 0.281. The number of hydrogen-bond donors (Lipinski definition) is 1. The van der Waals surface area contributed by atoms with Crippen LogP contribution in [0.25, 0.3) is 0 Å². The van der Waals surface area contributed by atoms with Gasteiger partial charge in [0.05, 0.1) is 6.61 Å². The van der Waals surface area contributed by atoms with Crippen LogP contribution in [-0.2, 0) is 6.54 Å². The SMILES string of the molecule is CN(C)c1ccc(CN2CCC(N3CCN(CCO)CC3)CC2)cn1. The van der Waals surface area contributed by atoms with Gasteiger partial charge in [-0.25, -0.2) is 4.98 Å². The molecule has 1 aromatic heterocycles. The van der Waals surface area contributed by atoms with Crippen molar-refractivity contribution in [2.24, 2.45) is 0 Å². The second-order valence-electron chi connectivity index (χ2n) is 7.53. The van der Waals surface area contributed by atoms with Crippen molar-refractivity contribution in [1.29, 1.82) is 0 Å². The Morgan fingerprint density at radius 2 is 1.76 bits per heavy atom. The predicted molar refractivity (Wildman–Crippen MR) is 102 cm³/mol. The number of nitrogens with zero attached hydrogens (tertiary/aromatic N) is 5. The summed E-state index contributed by atoms with van der Waals surface area (Å²) >= 11 is 0. The summed E-state index contributed by atoms with van der Waals surface area (Å²) in [6.07, 6.45) is 4.55. The predicted octanol–water partition coefficient (Wildman–Crippen LogP) is 0.722. The number of rotatable bonds is 6. The van der Waals surface area contributed by atoms with Crippen LogP contribution in [0.4, 0.5) is 5.82 Å². The first-order valence-corrected chi connectivity index (χ1v) is 9.57. The molecule has 2 saturated heterocycles. The van der Waals surface area contributed by atoms with E-state index in [1.54, 1.807) is 0 Å². The van der Waals surface area contributed by atoms with Crippen LogP contribution in [0, 0.1) is 0 Å². The number of pyridine rings is 1. The number of piperidine rings is 1. The molecule has 2 aliphatic heterocycles. The van der Waals surface area contributed by atoms with Gasteiger partial charge in [0.2, 0.25) is 0 Å². The Morgan fingerprint density at radius 3 is 2.32 bits per heavy atom. The van der Waals surface area contributed by atoms with Crippen molar-refractivity contribution < 1.29 is 5.11 Å². The Kier molecular flexibility index (Phi) is 6.64. The van der Waals surface area contributed by atoms with E-state index < -0.39 is 0 Å². The summed E-state index contributed by atoms with van der Waals surface area (Å²) in [7, 11) is 4.05. The van der Waals surface area contributed by atoms with Gasteiger partial charge in [-0.15, -0.1) is 0 Å². The van der Waals surface area contributed by atoms with Crippen LogP contribution in [0.15, 0.2) is 18.3 Å². The van der Waals surface area contributed by atoms with E-state index in [0.29, 0.717) is 0 Å². The number of likely N-dealkylation sites (tertiary alicyclic amines) is 1. The van der Waals surface area contributed by atoms with Crippen molar-refractivity contribution in [1.82, 2.24) is 19.7 Å². The largest absolute Gasteiger partial charge is 0.395 e. The van der Waals surface area contributed by atoms with E-state index in [9.17, 15) is 0 Å². The molecule has 2 aliphatic rings. The van der Waals surface area contributed by atoms with Crippen LogP contribution in [0.5, 0.6) is 0 Å². The Bertz CT molecular complexity index is 505. The van der Waals surface area contributed by atoms with Gasteiger partial charge in [0, 0.05) is 65.6 Å². The Labute approximate surface area is 152 Å². The number of hydrogen-bond acceptors (Lipinski definition) is 6. The van der Waals surface area contributed by atoms with Gasteiger partial charge in [0.15, 0.2) is 0 Å². The van der Waals surface area contributed by atoms with Gasteiger partial charge in [-0.05, 0) is 37.6 Å². The van der Waals surface area contributed by atoms with E-state index in [2.05, 4.69) is 31.8 Å². The molecule has 6 heteroatoms. The molecule has 0 saturated carbocycles. The zero-order chi connectivity index (χ0) is 17.6. The summed E-state index contributed by atoms with van der Waals surface area (Å²) in [5, 5.41) is 9.06. The van der Waals surface area contributed by atoms with Crippen molar-refractivity contribution in [2.75, 3.05) is 71.4 Å². The quantitative estimate of drug-likeness (QED) is 0.818. The highest BCUT2D eigenvalue weighted by Crippen LogP contribution is 2.20. The topological polar surface area (TPSA) is 46.1 Å². The first-order valence-electron chi connectivity index (χ1n) is 9.57. The maximum atomic E-state index is 9.06. The van der Waals surface area contributed by atoms with E-state index in [-0.39, 0.29) is 6.61 Å². The lowest BCUT2D eigenvalue weighted by Crippen LogP contribution is -2.53. The molecule has 25 heavy (non-hydrogen) atoms. The number of aliphatic hydroxyl groups excluding tert-OH is 1. The maximum absolute atomic E-state index is 9.06. The number of β-amino-alcohol motifs (C(OH)–C–C–N with tert-alkyl or cyclic N) is 1. The molecular formula is C19H33N5O. The normalized spacial score (nSPS) is 21.6. The van der Waals surface area contributed by atoms with E-state index in [1.165, 1.54) is 31.5 Å². The summed E-state index contributed by atoms with van der Waals surface area (Å²) in [5.74, 6) is 1.02. The highest BCUT2D eigenvalue weighted by Gasteiger charge is 2.27. The van der Waals surface area contributed by atoms with Gasteiger partial charge in [0.25, 0.3) is 0 Å². The zero-order valence-corrected chi connectivity index (χ0v) is 15.8. The third-order valence-corrected chi connectivity index (χ3v) is 5.57. The highest BCUT2D eigenvalue weighted by atomic mass is 16.3. The molecule has 0 aromatic carbocycles. The molecule has 6 nitrogen and oxygen atoms in total. The van der Waals surface area contributed by atoms with Crippen LogP contribution < -0.4 is 4.90 Å². The molecule has 3 heterocycles. The van der Waals surface area contributed by atoms with Gasteiger partial charge >= 0.3 is 0 Å². The van der Waals surface area contributed by atoms with Gasteiger partial charge in [0.1, 0.15) is 5.82 Å². The summed E-state index contributed by atoms with van der Waals surface area (Å²) in [5.41, 5.74) is 1.31. The average molecular weight is 348 g/mol. The molecule has 3 rings (SSSR count). The van der Waals surface area contributed by atoms with Gasteiger partial charge in [-0.1, -0.05) is 6.07 Å². The molecular weight excluding hydrogens is 314 g/mol. The molecule has 0 radical (unpaired) electrons. The molecule has 0 aliphatic carbocycles. The minimum Gasteiger partial charge on any atom is -0.395 e. The zero-order valence-electron chi connectivity index (χ0n) is 15.8. The van der Waals surface area contributed by atoms with E-state index in [1.807, 2.05) is 25.2 Å². The van der Waals surface area contributed by atoms with Crippen LogP contribution >= 0.6 is 0 Å². The molecule has 1 N–H and O–H groups in total. The Hall–Kier alpha value is -1.21. The Morgan fingerprint density at radius 1 is 1.04 bits per heavy atom. The third kappa shape index (κ3) is 5.14. The second-order valence-corrected chi connectivity index (χ2v) is 7.53. The summed E-state index contributed by atoms with van der Waals surface area (Å²) in [4.78, 5) is 14.2. The first-order chi connectivity index (χ1) is 12.2. The van der Waals surface area contributed by atoms with Crippen LogP contribution in [-0.4, -0.2) is 97.3 Å². The first kappa shape index (κ1) is 18.6. The van der Waals surface area contributed by atoms with Crippen molar-refractivity contribution in [2.45, 2.75) is 25.4 Å². The number of aliphatic hydroxyl groups is 1. The average Bonchev–Trinajstić information content (AvgIpc) is 2.64. The molecule has 140 valence electrons. The number of piperazine rings is 1. The van der Waals surface area contributed by atoms with E-state index in [0.717, 1.165) is 51.1 Å². The summed E-state index contributed by atoms with van der Waals surface area (Å²) < 4.78 is 0. The molecule has 0 bridgehead atoms. The van der Waals surface area contributed by atoms with Gasteiger partial charge in [-0.3, -0.25) is 14.7 Å². The van der Waals surface area contributed by atoms with Gasteiger partial charge < -0.3 is 10.0 Å². The molecule has 1 aromatic rings. The fourth-order valence-electron chi connectivity index (χ4n) is 3.97. The monoisotopic (exact) mass is 347 g/mol. The Balaban J connectivity index is 1.41. The van der Waals surface area contributed by atoms with Crippen LogP contribution in [0.1, 0.15) is 18.4 Å². The standard InChI is InChI=1S/C19H33N5O/c1-21(2)19-4-3-17(15-20-19)16-23-7-5-18(6-8-23)24-11-9-22(10-12-24)13-14-25/h3-4,15,18,25H,5-14,16H2,1-2H3. The minimum absolute atomic E-state index is 0.281. The smallest absolute Gasteiger partial charge is 0.127 e. The highest BCUT2D eigenvalue weighted by molar-refractivity contribution is 5.37. The molecule has 0 unspecified atom stereocenters. The molecule has 0 atom stereocenters. The fraction of sp³-hybridized carbons (Fsp3) is 0.737. The molecule has 0 amide bonds. The fourth-order valence-corrected chi connectivity index (χ4v) is 3.97. The summed E-state index contributed by atoms with van der Waals surface area (Å²) in [6, 6.07) is 5.05. The lowest BCUT2D eigenvalue weighted by Gasteiger charge is -2.42. The van der Waals surface area contributed by atoms with Crippen molar-refractivity contribution >= 4 is 5.82 Å². The van der Waals surface area contributed by atoms with Crippen molar-refractivity contribution in [3.63, 3.8) is 0 Å². The second kappa shape index (κ2) is 8.94. The lowest BCUT2D eigenvalue weighted by atomic mass is 10.0. The van der Waals surface area contributed by atoms with Crippen molar-refractivity contribution in [3.8, 4) is 0 Å². The third-order valence-electron chi connectivity index (χ3n) is 5.57. The van der Waals surface area contributed by atoms with Crippen LogP contribution in [0.2, 0.25) is 0 Å². The van der Waals surface area contributed by atoms with Crippen molar-refractivity contribution in [3.05, 3.63) is 23.9 Å². The molecule has 2 fully saturated rings. The van der Waals surface area contributed by atoms with Gasteiger partial charge in [-0.2, -0.15) is 0 Å². The number of anilines is 1. The summed E-state index contributed by atoms with van der Waals surface area (Å²) in [6.45, 7) is 8.98.